The Kier molecular flexibility index (Phi) is 3.54. The van der Waals surface area contributed by atoms with Gasteiger partial charge in [-0.2, -0.15) is 5.26 Å². The van der Waals surface area contributed by atoms with Crippen molar-refractivity contribution in [1.82, 2.24) is 9.97 Å². The summed E-state index contributed by atoms with van der Waals surface area (Å²) in [6.07, 6.45) is 1.75. The molecule has 0 amide bonds. The van der Waals surface area contributed by atoms with E-state index in [1.54, 1.807) is 6.20 Å². The highest BCUT2D eigenvalue weighted by Crippen LogP contribution is 2.17. The van der Waals surface area contributed by atoms with Gasteiger partial charge < -0.3 is 5.32 Å². The van der Waals surface area contributed by atoms with Crippen LogP contribution in [0.15, 0.2) is 30.5 Å². The molecule has 0 bridgehead atoms. The van der Waals surface area contributed by atoms with E-state index in [4.69, 9.17) is 5.26 Å². The van der Waals surface area contributed by atoms with Gasteiger partial charge in [0, 0.05) is 11.9 Å². The molecule has 0 saturated heterocycles. The summed E-state index contributed by atoms with van der Waals surface area (Å²) in [5.41, 5.74) is 3.35. The molecule has 90 valence electrons. The summed E-state index contributed by atoms with van der Waals surface area (Å²) in [7, 11) is 0. The third kappa shape index (κ3) is 2.64. The monoisotopic (exact) mass is 238 g/mol. The smallest absolute Gasteiger partial charge is 0.144 e. The summed E-state index contributed by atoms with van der Waals surface area (Å²) in [5, 5.41) is 12.3. The number of pyridine rings is 2. The summed E-state index contributed by atoms with van der Waals surface area (Å²) in [5.74, 6) is 0.626. The highest BCUT2D eigenvalue weighted by Gasteiger charge is 2.08. The molecule has 2 heterocycles. The summed E-state index contributed by atoms with van der Waals surface area (Å²) >= 11 is 0. The van der Waals surface area contributed by atoms with Crippen LogP contribution in [-0.4, -0.2) is 9.97 Å². The number of anilines is 1. The van der Waals surface area contributed by atoms with Crippen LogP contribution >= 0.6 is 0 Å². The molecule has 18 heavy (non-hydrogen) atoms. The lowest BCUT2D eigenvalue weighted by atomic mass is 10.1. The Morgan fingerprint density at radius 3 is 2.83 bits per heavy atom. The van der Waals surface area contributed by atoms with E-state index < -0.39 is 0 Å². The van der Waals surface area contributed by atoms with E-state index in [1.807, 2.05) is 38.1 Å². The van der Waals surface area contributed by atoms with Gasteiger partial charge in [-0.1, -0.05) is 6.07 Å². The van der Waals surface area contributed by atoms with Crippen LogP contribution in [0, 0.1) is 25.2 Å². The number of hydrogen-bond donors (Lipinski definition) is 1. The van der Waals surface area contributed by atoms with Crippen LogP contribution in [0.1, 0.15) is 22.5 Å². The Morgan fingerprint density at radius 2 is 2.17 bits per heavy atom. The van der Waals surface area contributed by atoms with Crippen molar-refractivity contribution in [2.45, 2.75) is 20.4 Å². The average molecular weight is 238 g/mol. The van der Waals surface area contributed by atoms with Gasteiger partial charge in [-0.15, -0.1) is 0 Å². The van der Waals surface area contributed by atoms with E-state index in [0.29, 0.717) is 17.9 Å². The molecule has 0 aliphatic rings. The zero-order valence-corrected chi connectivity index (χ0v) is 10.4. The van der Waals surface area contributed by atoms with Gasteiger partial charge >= 0.3 is 0 Å². The van der Waals surface area contributed by atoms with E-state index in [-0.39, 0.29) is 0 Å². The van der Waals surface area contributed by atoms with Crippen molar-refractivity contribution in [2.24, 2.45) is 0 Å². The van der Waals surface area contributed by atoms with E-state index in [2.05, 4.69) is 21.4 Å². The van der Waals surface area contributed by atoms with Crippen molar-refractivity contribution < 1.29 is 0 Å². The van der Waals surface area contributed by atoms with Crippen molar-refractivity contribution in [1.29, 1.82) is 5.26 Å². The fourth-order valence-electron chi connectivity index (χ4n) is 1.78. The predicted molar refractivity (Wildman–Crippen MR) is 70.0 cm³/mol. The minimum absolute atomic E-state index is 0.561. The van der Waals surface area contributed by atoms with Crippen molar-refractivity contribution in [3.8, 4) is 6.07 Å². The Morgan fingerprint density at radius 1 is 1.33 bits per heavy atom. The lowest BCUT2D eigenvalue weighted by Crippen LogP contribution is -2.06. The third-order valence-corrected chi connectivity index (χ3v) is 2.62. The van der Waals surface area contributed by atoms with Crippen LogP contribution in [-0.2, 0) is 6.54 Å². The largest absolute Gasteiger partial charge is 0.363 e. The Labute approximate surface area is 106 Å². The molecule has 2 rings (SSSR count). The standard InChI is InChI=1S/C14H14N4/c1-10-7-11(2)18-14(13(10)8-15)17-9-12-5-3-4-6-16-12/h3-7H,9H2,1-2H3,(H,17,18). The minimum atomic E-state index is 0.561. The Hall–Kier alpha value is -2.41. The highest BCUT2D eigenvalue weighted by molar-refractivity contribution is 5.56. The first-order valence-corrected chi connectivity index (χ1v) is 5.73. The molecule has 4 heteroatoms. The molecular weight excluding hydrogens is 224 g/mol. The molecule has 1 N–H and O–H groups in total. The third-order valence-electron chi connectivity index (χ3n) is 2.62. The fraction of sp³-hybridized carbons (Fsp3) is 0.214. The summed E-state index contributed by atoms with van der Waals surface area (Å²) in [6, 6.07) is 9.83. The van der Waals surface area contributed by atoms with Gasteiger partial charge in [0.25, 0.3) is 0 Å². The molecule has 4 nitrogen and oxygen atoms in total. The number of aromatic nitrogens is 2. The van der Waals surface area contributed by atoms with Crippen LogP contribution < -0.4 is 5.32 Å². The molecule has 2 aromatic rings. The maximum atomic E-state index is 9.14. The average Bonchev–Trinajstić information content (AvgIpc) is 2.37. The summed E-state index contributed by atoms with van der Waals surface area (Å²) in [6.45, 7) is 4.39. The molecule has 0 unspecified atom stereocenters. The van der Waals surface area contributed by atoms with Gasteiger partial charge in [-0.25, -0.2) is 4.98 Å². The van der Waals surface area contributed by atoms with Gasteiger partial charge in [0.1, 0.15) is 11.9 Å². The lowest BCUT2D eigenvalue weighted by molar-refractivity contribution is 1.02. The normalized spacial score (nSPS) is 9.83. The molecule has 0 spiro atoms. The quantitative estimate of drug-likeness (QED) is 0.892. The maximum absolute atomic E-state index is 9.14. The second-order valence-electron chi connectivity index (χ2n) is 4.09. The van der Waals surface area contributed by atoms with Crippen LogP contribution in [0.2, 0.25) is 0 Å². The molecule has 0 aliphatic heterocycles. The van der Waals surface area contributed by atoms with Gasteiger partial charge in [0.05, 0.1) is 17.8 Å². The van der Waals surface area contributed by atoms with Crippen molar-refractivity contribution >= 4 is 5.82 Å². The molecule has 0 aliphatic carbocycles. The van der Waals surface area contributed by atoms with Crippen molar-refractivity contribution in [3.05, 3.63) is 53.0 Å². The SMILES string of the molecule is Cc1cc(C)c(C#N)c(NCc2ccccn2)n1. The van der Waals surface area contributed by atoms with Crippen LogP contribution in [0.25, 0.3) is 0 Å². The fourth-order valence-corrected chi connectivity index (χ4v) is 1.78. The molecule has 0 saturated carbocycles. The molecular formula is C14H14N4. The molecule has 0 radical (unpaired) electrons. The molecule has 0 fully saturated rings. The number of nitrogens with one attached hydrogen (secondary N) is 1. The van der Waals surface area contributed by atoms with Gasteiger partial charge in [0.2, 0.25) is 0 Å². The van der Waals surface area contributed by atoms with E-state index >= 15 is 0 Å². The van der Waals surface area contributed by atoms with Crippen molar-refractivity contribution in [3.63, 3.8) is 0 Å². The second-order valence-corrected chi connectivity index (χ2v) is 4.09. The highest BCUT2D eigenvalue weighted by atomic mass is 15.0. The zero-order chi connectivity index (χ0) is 13.0. The minimum Gasteiger partial charge on any atom is -0.363 e. The topological polar surface area (TPSA) is 61.6 Å². The van der Waals surface area contributed by atoms with E-state index in [0.717, 1.165) is 17.0 Å². The van der Waals surface area contributed by atoms with Gasteiger partial charge in [-0.05, 0) is 37.6 Å². The van der Waals surface area contributed by atoms with Crippen LogP contribution in [0.5, 0.6) is 0 Å². The van der Waals surface area contributed by atoms with Gasteiger partial charge in [-0.3, -0.25) is 4.98 Å². The Balaban J connectivity index is 2.22. The number of aryl methyl sites for hydroxylation is 2. The summed E-state index contributed by atoms with van der Waals surface area (Å²) in [4.78, 5) is 8.58. The predicted octanol–water partition coefficient (Wildman–Crippen LogP) is 2.58. The number of nitrogens with zero attached hydrogens (tertiary/aromatic N) is 3. The number of nitriles is 1. The summed E-state index contributed by atoms with van der Waals surface area (Å²) < 4.78 is 0. The van der Waals surface area contributed by atoms with Crippen LogP contribution in [0.4, 0.5) is 5.82 Å². The lowest BCUT2D eigenvalue weighted by Gasteiger charge is -2.09. The number of rotatable bonds is 3. The molecule has 0 atom stereocenters. The number of hydrogen-bond acceptors (Lipinski definition) is 4. The molecule has 2 aromatic heterocycles. The Bertz CT molecular complexity index is 585. The zero-order valence-electron chi connectivity index (χ0n) is 10.4. The van der Waals surface area contributed by atoms with E-state index in [1.165, 1.54) is 0 Å². The molecule has 0 aromatic carbocycles. The maximum Gasteiger partial charge on any atom is 0.144 e. The van der Waals surface area contributed by atoms with E-state index in [9.17, 15) is 0 Å². The second kappa shape index (κ2) is 5.28. The van der Waals surface area contributed by atoms with Gasteiger partial charge in [0.15, 0.2) is 0 Å². The first kappa shape index (κ1) is 12.1. The first-order valence-electron chi connectivity index (χ1n) is 5.73. The first-order chi connectivity index (χ1) is 8.70. The van der Waals surface area contributed by atoms with Crippen LogP contribution in [0.3, 0.4) is 0 Å². The van der Waals surface area contributed by atoms with Crippen molar-refractivity contribution in [2.75, 3.05) is 5.32 Å².